The molecule has 0 unspecified atom stereocenters. The van der Waals surface area contributed by atoms with Gasteiger partial charge in [0.05, 0.1) is 10.3 Å². The summed E-state index contributed by atoms with van der Waals surface area (Å²) < 4.78 is 7.73. The number of hydrogen-bond acceptors (Lipinski definition) is 4. The van der Waals surface area contributed by atoms with Gasteiger partial charge < -0.3 is 14.4 Å². The molecular weight excluding hydrogens is 797 g/mol. The van der Waals surface area contributed by atoms with Crippen molar-refractivity contribution in [2.45, 2.75) is 53.9 Å². The predicted molar refractivity (Wildman–Crippen MR) is 203 cm³/mol. The van der Waals surface area contributed by atoms with Gasteiger partial charge in [0.25, 0.3) is 0 Å². The van der Waals surface area contributed by atoms with E-state index in [0.717, 1.165) is 44.5 Å². The summed E-state index contributed by atoms with van der Waals surface area (Å²) in [4.78, 5) is 9.29. The molecule has 49 heavy (non-hydrogen) atoms. The second kappa shape index (κ2) is 13.8. The molecule has 3 nitrogen and oxygen atoms in total. The van der Waals surface area contributed by atoms with Crippen molar-refractivity contribution >= 4 is 43.4 Å². The van der Waals surface area contributed by atoms with Crippen LogP contribution in [0.3, 0.4) is 0 Å². The van der Waals surface area contributed by atoms with Crippen molar-refractivity contribution < 1.29 is 24.5 Å². The molecule has 5 heteroatoms. The van der Waals surface area contributed by atoms with Gasteiger partial charge in [-0.1, -0.05) is 87.2 Å². The van der Waals surface area contributed by atoms with E-state index in [1.54, 1.807) is 11.3 Å². The van der Waals surface area contributed by atoms with Crippen LogP contribution in [0.15, 0.2) is 107 Å². The topological polar surface area (TPSA) is 38.9 Å². The Morgan fingerprint density at radius 2 is 1.45 bits per heavy atom. The fraction of sp³-hybridized carbons (Fsp3) is 0.182. The van der Waals surface area contributed by atoms with E-state index in [1.165, 1.54) is 49.0 Å². The molecule has 0 aliphatic carbocycles. The first-order valence-corrected chi connectivity index (χ1v) is 17.2. The van der Waals surface area contributed by atoms with Gasteiger partial charge >= 0.3 is 0 Å². The van der Waals surface area contributed by atoms with Crippen molar-refractivity contribution in [3.63, 3.8) is 0 Å². The molecule has 8 rings (SSSR count). The molecule has 8 aromatic rings. The molecule has 0 saturated heterocycles. The first-order chi connectivity index (χ1) is 23.1. The van der Waals surface area contributed by atoms with Crippen molar-refractivity contribution in [2.75, 3.05) is 0 Å². The SMILES string of the molecule is Cc1c[c-]c(-c2ccc(C)cn2)cc1.Cc1cccc(C)c1-c1cc(-c2[c-]ccc3c2oc2c3ccc3ccsc32)ncc1C(C)(C)C.[Ir]. The van der Waals surface area contributed by atoms with Crippen LogP contribution in [-0.2, 0) is 25.5 Å². The summed E-state index contributed by atoms with van der Waals surface area (Å²) in [7, 11) is 0. The van der Waals surface area contributed by atoms with Gasteiger partial charge in [0.2, 0.25) is 0 Å². The van der Waals surface area contributed by atoms with E-state index in [9.17, 15) is 0 Å². The fourth-order valence-corrected chi connectivity index (χ4v) is 7.22. The third kappa shape index (κ3) is 6.76. The van der Waals surface area contributed by atoms with Gasteiger partial charge in [-0.3, -0.25) is 0 Å². The van der Waals surface area contributed by atoms with Crippen molar-refractivity contribution in [1.82, 2.24) is 9.97 Å². The second-order valence-electron chi connectivity index (χ2n) is 13.6. The predicted octanol–water partition coefficient (Wildman–Crippen LogP) is 12.4. The molecule has 4 aromatic heterocycles. The molecule has 1 radical (unpaired) electrons. The number of benzene rings is 4. The van der Waals surface area contributed by atoms with Crippen LogP contribution >= 0.6 is 11.3 Å². The summed E-state index contributed by atoms with van der Waals surface area (Å²) in [6.07, 6.45) is 3.92. The monoisotopic (exact) mass is 835 g/mol. The van der Waals surface area contributed by atoms with Crippen molar-refractivity contribution in [3.05, 3.63) is 143 Å². The minimum Gasteiger partial charge on any atom is -0.499 e. The number of aryl methyl sites for hydroxylation is 4. The Kier molecular flexibility index (Phi) is 9.73. The summed E-state index contributed by atoms with van der Waals surface area (Å²) in [6.45, 7) is 15.2. The molecule has 0 N–H and O–H groups in total. The van der Waals surface area contributed by atoms with E-state index in [1.807, 2.05) is 43.6 Å². The van der Waals surface area contributed by atoms with Crippen LogP contribution in [0.4, 0.5) is 0 Å². The fourth-order valence-electron chi connectivity index (χ4n) is 6.34. The van der Waals surface area contributed by atoms with Crippen molar-refractivity contribution in [2.24, 2.45) is 0 Å². The van der Waals surface area contributed by atoms with Gasteiger partial charge in [0.15, 0.2) is 0 Å². The number of nitrogens with zero attached hydrogens (tertiary/aromatic N) is 2. The Balaban J connectivity index is 0.000000234. The quantitative estimate of drug-likeness (QED) is 0.166. The number of pyridine rings is 2. The van der Waals surface area contributed by atoms with Gasteiger partial charge in [0, 0.05) is 37.9 Å². The van der Waals surface area contributed by atoms with Crippen LogP contribution in [0.2, 0.25) is 0 Å². The number of rotatable bonds is 3. The van der Waals surface area contributed by atoms with Gasteiger partial charge in [-0.05, 0) is 87.8 Å². The zero-order valence-corrected chi connectivity index (χ0v) is 32.1. The molecule has 0 fully saturated rings. The molecule has 0 aliphatic heterocycles. The largest absolute Gasteiger partial charge is 0.499 e. The first kappa shape index (κ1) is 34.5. The maximum Gasteiger partial charge on any atom is 0.138 e. The van der Waals surface area contributed by atoms with Crippen LogP contribution in [0.5, 0.6) is 0 Å². The molecule has 0 bridgehead atoms. The van der Waals surface area contributed by atoms with E-state index < -0.39 is 0 Å². The van der Waals surface area contributed by atoms with Crippen LogP contribution in [0.25, 0.3) is 65.7 Å². The van der Waals surface area contributed by atoms with Crippen molar-refractivity contribution in [3.8, 4) is 33.6 Å². The third-order valence-electron chi connectivity index (χ3n) is 8.89. The van der Waals surface area contributed by atoms with Gasteiger partial charge in [0.1, 0.15) is 5.58 Å². The molecule has 0 saturated carbocycles. The standard InChI is InChI=1S/C31H26NOS.C13H12N.Ir/c1-18-8-6-9-19(2)27(18)24-16-26(32-17-25(24)31(3,4)5)23-11-7-10-21-22-13-12-20-14-15-34-30(20)29(22)33-28(21)23;1-10-3-6-12(7-4-10)13-8-5-11(2)9-14-13;/h6-10,12-17H,1-5H3;3-6,8-9H,1-2H3;/q2*-1;. The molecule has 4 aromatic carbocycles. The summed E-state index contributed by atoms with van der Waals surface area (Å²) in [5, 5.41) is 5.58. The molecule has 247 valence electrons. The van der Waals surface area contributed by atoms with Crippen LogP contribution in [-0.4, -0.2) is 9.97 Å². The van der Waals surface area contributed by atoms with E-state index in [-0.39, 0.29) is 25.5 Å². The van der Waals surface area contributed by atoms with Crippen LogP contribution < -0.4 is 0 Å². The normalized spacial score (nSPS) is 11.4. The van der Waals surface area contributed by atoms with Gasteiger partial charge in [-0.2, -0.15) is 0 Å². The number of fused-ring (bicyclic) bond motifs is 5. The molecule has 4 heterocycles. The molecule has 0 spiro atoms. The summed E-state index contributed by atoms with van der Waals surface area (Å²) >= 11 is 1.72. The Bertz CT molecular complexity index is 2350. The second-order valence-corrected chi connectivity index (χ2v) is 14.5. The van der Waals surface area contributed by atoms with Crippen LogP contribution in [0, 0.1) is 39.8 Å². The molecule has 0 atom stereocenters. The Morgan fingerprint density at radius 1 is 0.714 bits per heavy atom. The Hall–Kier alpha value is -4.41. The van der Waals surface area contributed by atoms with Crippen LogP contribution in [0.1, 0.15) is 48.6 Å². The van der Waals surface area contributed by atoms with Gasteiger partial charge in [-0.15, -0.1) is 64.9 Å². The summed E-state index contributed by atoms with van der Waals surface area (Å²) in [5.41, 5.74) is 14.3. The number of aromatic nitrogens is 2. The third-order valence-corrected chi connectivity index (χ3v) is 9.82. The first-order valence-electron chi connectivity index (χ1n) is 16.3. The molecule has 0 amide bonds. The molecular formula is C44H38IrN2OS-2. The van der Waals surface area contributed by atoms with E-state index in [2.05, 4.69) is 125 Å². The van der Waals surface area contributed by atoms with E-state index in [4.69, 9.17) is 9.40 Å². The zero-order valence-electron chi connectivity index (χ0n) is 28.9. The average Bonchev–Trinajstić information content (AvgIpc) is 3.70. The van der Waals surface area contributed by atoms with E-state index in [0.29, 0.717) is 0 Å². The summed E-state index contributed by atoms with van der Waals surface area (Å²) in [6, 6.07) is 36.2. The minimum absolute atomic E-state index is 0. The average molecular weight is 835 g/mol. The number of thiophene rings is 1. The maximum absolute atomic E-state index is 6.54. The van der Waals surface area contributed by atoms with Gasteiger partial charge in [-0.25, -0.2) is 0 Å². The summed E-state index contributed by atoms with van der Waals surface area (Å²) in [5.74, 6) is 0. The maximum atomic E-state index is 6.54. The molecule has 0 aliphatic rings. The van der Waals surface area contributed by atoms with Crippen molar-refractivity contribution in [1.29, 1.82) is 0 Å². The smallest absolute Gasteiger partial charge is 0.138 e. The Morgan fingerprint density at radius 3 is 2.14 bits per heavy atom. The number of hydrogen-bond donors (Lipinski definition) is 0. The minimum atomic E-state index is -0.0323. The zero-order chi connectivity index (χ0) is 33.6. The van der Waals surface area contributed by atoms with E-state index >= 15 is 0 Å². The number of furan rings is 1. The Labute approximate surface area is 306 Å².